The fraction of sp³-hybridized carbons (Fsp3) is 0.435. The van der Waals surface area contributed by atoms with Gasteiger partial charge in [-0.1, -0.05) is 36.4 Å². The first-order valence-electron chi connectivity index (χ1n) is 10.2. The molecule has 2 aromatic carbocycles. The van der Waals surface area contributed by atoms with Crippen LogP contribution < -0.4 is 14.8 Å². The van der Waals surface area contributed by atoms with Gasteiger partial charge in [-0.05, 0) is 55.5 Å². The first kappa shape index (κ1) is 18.8. The molecule has 1 saturated heterocycles. The van der Waals surface area contributed by atoms with Crippen molar-refractivity contribution in [2.24, 2.45) is 0 Å². The molecule has 2 aromatic rings. The van der Waals surface area contributed by atoms with E-state index in [4.69, 9.17) is 9.47 Å². The van der Waals surface area contributed by atoms with E-state index in [1.165, 1.54) is 5.56 Å². The number of likely N-dealkylation sites (tertiary alicyclic amines) is 1. The van der Waals surface area contributed by atoms with Crippen LogP contribution in [0.15, 0.2) is 48.5 Å². The summed E-state index contributed by atoms with van der Waals surface area (Å²) in [5.74, 6) is 1.69. The van der Waals surface area contributed by atoms with Crippen LogP contribution in [0.4, 0.5) is 0 Å². The highest BCUT2D eigenvalue weighted by Gasteiger charge is 2.21. The minimum Gasteiger partial charge on any atom is -0.454 e. The van der Waals surface area contributed by atoms with Crippen molar-refractivity contribution in [2.45, 2.75) is 38.1 Å². The summed E-state index contributed by atoms with van der Waals surface area (Å²) >= 11 is 0. The summed E-state index contributed by atoms with van der Waals surface area (Å²) in [4.78, 5) is 14.9. The summed E-state index contributed by atoms with van der Waals surface area (Å²) in [6.45, 7) is 3.40. The van der Waals surface area contributed by atoms with E-state index in [0.717, 1.165) is 56.0 Å². The quantitative estimate of drug-likeness (QED) is 0.802. The molecule has 148 valence electrons. The van der Waals surface area contributed by atoms with Gasteiger partial charge < -0.3 is 19.7 Å². The van der Waals surface area contributed by atoms with Gasteiger partial charge in [-0.2, -0.15) is 0 Å². The van der Waals surface area contributed by atoms with Crippen LogP contribution in [-0.4, -0.2) is 43.3 Å². The number of piperidine rings is 1. The predicted octanol–water partition coefficient (Wildman–Crippen LogP) is 3.17. The number of hydrogen-bond donors (Lipinski definition) is 1. The lowest BCUT2D eigenvalue weighted by Crippen LogP contribution is -2.48. The second kappa shape index (κ2) is 9.11. The molecular weight excluding hydrogens is 352 g/mol. The maximum absolute atomic E-state index is 12.4. The zero-order chi connectivity index (χ0) is 19.2. The minimum atomic E-state index is 0.132. The Morgan fingerprint density at radius 3 is 2.79 bits per heavy atom. The first-order valence-corrected chi connectivity index (χ1v) is 10.2. The lowest BCUT2D eigenvalue weighted by Gasteiger charge is -2.33. The summed E-state index contributed by atoms with van der Waals surface area (Å²) in [6, 6.07) is 16.8. The van der Waals surface area contributed by atoms with Crippen molar-refractivity contribution in [1.82, 2.24) is 10.2 Å². The topological polar surface area (TPSA) is 50.8 Å². The molecule has 1 N–H and O–H groups in total. The van der Waals surface area contributed by atoms with Crippen LogP contribution in [-0.2, 0) is 17.6 Å². The Bertz CT molecular complexity index is 794. The van der Waals surface area contributed by atoms with Gasteiger partial charge in [0.2, 0.25) is 12.7 Å². The van der Waals surface area contributed by atoms with Gasteiger partial charge >= 0.3 is 0 Å². The van der Waals surface area contributed by atoms with Gasteiger partial charge in [-0.15, -0.1) is 0 Å². The fourth-order valence-corrected chi connectivity index (χ4v) is 3.96. The number of carbonyl (C=O) groups is 1. The SMILES string of the molecule is O=C(CCc1ccc2c(c1)OCO2)N[C@@H]1CCCN(CCc2ccccc2)C1. The molecule has 1 fully saturated rings. The zero-order valence-corrected chi connectivity index (χ0v) is 16.2. The molecule has 2 aliphatic heterocycles. The van der Waals surface area contributed by atoms with E-state index in [1.807, 2.05) is 18.2 Å². The molecule has 1 amide bonds. The molecule has 0 aromatic heterocycles. The molecule has 0 bridgehead atoms. The van der Waals surface area contributed by atoms with Crippen LogP contribution in [0, 0.1) is 0 Å². The van der Waals surface area contributed by atoms with E-state index in [-0.39, 0.29) is 18.7 Å². The molecule has 28 heavy (non-hydrogen) atoms. The molecule has 0 saturated carbocycles. The van der Waals surface area contributed by atoms with Crippen LogP contribution in [0.1, 0.15) is 30.4 Å². The highest BCUT2D eigenvalue weighted by atomic mass is 16.7. The van der Waals surface area contributed by atoms with Gasteiger partial charge in [0.05, 0.1) is 0 Å². The number of amides is 1. The number of aryl methyl sites for hydroxylation is 1. The van der Waals surface area contributed by atoms with Crippen molar-refractivity contribution < 1.29 is 14.3 Å². The van der Waals surface area contributed by atoms with E-state index >= 15 is 0 Å². The Morgan fingerprint density at radius 2 is 1.89 bits per heavy atom. The van der Waals surface area contributed by atoms with Crippen LogP contribution in [0.25, 0.3) is 0 Å². The average Bonchev–Trinajstić information content (AvgIpc) is 3.20. The standard InChI is InChI=1S/C23H28N2O3/c26-23(11-9-19-8-10-21-22(15-19)28-17-27-21)24-20-7-4-13-25(16-20)14-12-18-5-2-1-3-6-18/h1-3,5-6,8,10,15,20H,4,7,9,11-14,16-17H2,(H,24,26)/t20-/m1/s1. The number of nitrogens with one attached hydrogen (secondary N) is 1. The number of rotatable bonds is 7. The van der Waals surface area contributed by atoms with E-state index in [9.17, 15) is 4.79 Å². The molecule has 0 unspecified atom stereocenters. The highest BCUT2D eigenvalue weighted by molar-refractivity contribution is 5.76. The summed E-state index contributed by atoms with van der Waals surface area (Å²) < 4.78 is 10.7. The van der Waals surface area contributed by atoms with Gasteiger partial charge in [-0.25, -0.2) is 0 Å². The number of fused-ring (bicyclic) bond motifs is 1. The summed E-state index contributed by atoms with van der Waals surface area (Å²) in [7, 11) is 0. The largest absolute Gasteiger partial charge is 0.454 e. The Kier molecular flexibility index (Phi) is 6.12. The van der Waals surface area contributed by atoms with Gasteiger partial charge in [0.15, 0.2) is 11.5 Å². The fourth-order valence-electron chi connectivity index (χ4n) is 3.96. The van der Waals surface area contributed by atoms with Crippen molar-refractivity contribution in [1.29, 1.82) is 0 Å². The van der Waals surface area contributed by atoms with Crippen molar-refractivity contribution >= 4 is 5.91 Å². The van der Waals surface area contributed by atoms with E-state index in [2.05, 4.69) is 40.5 Å². The molecule has 0 aliphatic carbocycles. The molecule has 0 spiro atoms. The highest BCUT2D eigenvalue weighted by Crippen LogP contribution is 2.32. The van der Waals surface area contributed by atoms with Gasteiger partial charge in [0.25, 0.3) is 0 Å². The number of carbonyl (C=O) groups excluding carboxylic acids is 1. The smallest absolute Gasteiger partial charge is 0.231 e. The van der Waals surface area contributed by atoms with Crippen molar-refractivity contribution in [3.05, 3.63) is 59.7 Å². The van der Waals surface area contributed by atoms with Gasteiger partial charge in [0.1, 0.15) is 0 Å². The third-order valence-corrected chi connectivity index (χ3v) is 5.51. The molecule has 2 heterocycles. The number of nitrogens with zero attached hydrogens (tertiary/aromatic N) is 1. The Morgan fingerprint density at radius 1 is 1.04 bits per heavy atom. The second-order valence-electron chi connectivity index (χ2n) is 7.63. The molecule has 1 atom stereocenters. The van der Waals surface area contributed by atoms with Crippen LogP contribution in [0.3, 0.4) is 0 Å². The first-order chi connectivity index (χ1) is 13.8. The van der Waals surface area contributed by atoms with Gasteiger partial charge in [0, 0.05) is 25.6 Å². The van der Waals surface area contributed by atoms with Crippen molar-refractivity contribution in [2.75, 3.05) is 26.4 Å². The van der Waals surface area contributed by atoms with E-state index < -0.39 is 0 Å². The maximum Gasteiger partial charge on any atom is 0.231 e. The summed E-state index contributed by atoms with van der Waals surface area (Å²) in [6.07, 6.45) is 4.48. The molecule has 5 heteroatoms. The Balaban J connectivity index is 1.20. The lowest BCUT2D eigenvalue weighted by atomic mass is 10.0. The molecule has 4 rings (SSSR count). The Hall–Kier alpha value is -2.53. The third kappa shape index (κ3) is 5.04. The molecule has 2 aliphatic rings. The predicted molar refractivity (Wildman–Crippen MR) is 109 cm³/mol. The molecule has 5 nitrogen and oxygen atoms in total. The normalized spacial score (nSPS) is 18.8. The monoisotopic (exact) mass is 380 g/mol. The molecule has 0 radical (unpaired) electrons. The van der Waals surface area contributed by atoms with Gasteiger partial charge in [-0.3, -0.25) is 4.79 Å². The third-order valence-electron chi connectivity index (χ3n) is 5.51. The van der Waals surface area contributed by atoms with Crippen LogP contribution in [0.5, 0.6) is 11.5 Å². The van der Waals surface area contributed by atoms with Crippen molar-refractivity contribution in [3.8, 4) is 11.5 Å². The van der Waals surface area contributed by atoms with Crippen LogP contribution in [0.2, 0.25) is 0 Å². The maximum atomic E-state index is 12.4. The second-order valence-corrected chi connectivity index (χ2v) is 7.63. The lowest BCUT2D eigenvalue weighted by molar-refractivity contribution is -0.122. The number of hydrogen-bond acceptors (Lipinski definition) is 4. The zero-order valence-electron chi connectivity index (χ0n) is 16.2. The van der Waals surface area contributed by atoms with E-state index in [0.29, 0.717) is 12.8 Å². The van der Waals surface area contributed by atoms with E-state index in [1.54, 1.807) is 0 Å². The number of ether oxygens (including phenoxy) is 2. The summed E-state index contributed by atoms with van der Waals surface area (Å²) in [5, 5.41) is 3.23. The summed E-state index contributed by atoms with van der Waals surface area (Å²) in [5.41, 5.74) is 2.48. The number of benzene rings is 2. The Labute approximate surface area is 166 Å². The average molecular weight is 380 g/mol. The van der Waals surface area contributed by atoms with Crippen LogP contribution >= 0.6 is 0 Å². The minimum absolute atomic E-state index is 0.132. The van der Waals surface area contributed by atoms with Crippen molar-refractivity contribution in [3.63, 3.8) is 0 Å². The molecular formula is C23H28N2O3.